The molecule has 0 radical (unpaired) electrons. The minimum absolute atomic E-state index is 0.165. The minimum Gasteiger partial charge on any atom is -0.352 e. The number of sulfonamides is 1. The van der Waals surface area contributed by atoms with Crippen molar-refractivity contribution in [1.29, 1.82) is 0 Å². The summed E-state index contributed by atoms with van der Waals surface area (Å²) in [7, 11) is -1.61. The number of aromatic nitrogens is 2. The number of nitrogens with zero attached hydrogens (tertiary/aromatic N) is 4. The first-order chi connectivity index (χ1) is 13.0. The molecule has 1 saturated heterocycles. The molecule has 146 valence electrons. The molecule has 1 N–H and O–H groups in total. The summed E-state index contributed by atoms with van der Waals surface area (Å²) in [5, 5.41) is 2.84. The van der Waals surface area contributed by atoms with Crippen LogP contribution in [0.25, 0.3) is 0 Å². The van der Waals surface area contributed by atoms with Crippen LogP contribution in [0.4, 0.5) is 0 Å². The van der Waals surface area contributed by atoms with Gasteiger partial charge in [-0.2, -0.15) is 4.31 Å². The van der Waals surface area contributed by atoms with Crippen molar-refractivity contribution in [2.24, 2.45) is 0 Å². The van der Waals surface area contributed by atoms with Gasteiger partial charge in [-0.05, 0) is 31.7 Å². The van der Waals surface area contributed by atoms with Crippen molar-refractivity contribution in [2.75, 3.05) is 39.8 Å². The fourth-order valence-corrected chi connectivity index (χ4v) is 4.43. The number of benzene rings is 1. The van der Waals surface area contributed by atoms with E-state index in [4.69, 9.17) is 0 Å². The van der Waals surface area contributed by atoms with Crippen LogP contribution in [0.15, 0.2) is 47.9 Å². The van der Waals surface area contributed by atoms with Crippen LogP contribution >= 0.6 is 0 Å². The molecule has 1 fully saturated rings. The van der Waals surface area contributed by atoms with Gasteiger partial charge >= 0.3 is 0 Å². The number of hydrogen-bond donors (Lipinski definition) is 1. The Morgan fingerprint density at radius 1 is 1.22 bits per heavy atom. The molecule has 0 unspecified atom stereocenters. The summed E-state index contributed by atoms with van der Waals surface area (Å²) in [4.78, 5) is 18.6. The lowest BCUT2D eigenvalue weighted by Gasteiger charge is -2.31. The number of rotatable bonds is 7. The number of hydrogen-bond acceptors (Lipinski definition) is 5. The molecule has 1 aliphatic rings. The third kappa shape index (κ3) is 4.94. The Kier molecular flexibility index (Phi) is 6.25. The van der Waals surface area contributed by atoms with Gasteiger partial charge < -0.3 is 14.8 Å². The second-order valence-electron chi connectivity index (χ2n) is 6.65. The highest BCUT2D eigenvalue weighted by Crippen LogP contribution is 2.18. The molecular weight excluding hydrogens is 366 g/mol. The molecule has 0 atom stereocenters. The van der Waals surface area contributed by atoms with E-state index in [1.54, 1.807) is 30.7 Å². The maximum absolute atomic E-state index is 12.8. The van der Waals surface area contributed by atoms with E-state index < -0.39 is 10.0 Å². The number of nitrogens with one attached hydrogen (secondary N) is 1. The van der Waals surface area contributed by atoms with Crippen LogP contribution in [0.3, 0.4) is 0 Å². The Hall–Kier alpha value is -2.23. The van der Waals surface area contributed by atoms with Gasteiger partial charge in [-0.15, -0.1) is 0 Å². The van der Waals surface area contributed by atoms with Gasteiger partial charge in [0.05, 0.1) is 11.2 Å². The van der Waals surface area contributed by atoms with Crippen LogP contribution in [0.2, 0.25) is 0 Å². The molecule has 8 nitrogen and oxygen atoms in total. The van der Waals surface area contributed by atoms with E-state index in [0.29, 0.717) is 38.3 Å². The molecule has 2 aromatic rings. The predicted molar refractivity (Wildman–Crippen MR) is 102 cm³/mol. The van der Waals surface area contributed by atoms with Gasteiger partial charge in [-0.1, -0.05) is 6.07 Å². The zero-order valence-electron chi connectivity index (χ0n) is 15.4. The molecule has 1 amide bonds. The summed E-state index contributed by atoms with van der Waals surface area (Å²) in [5.74, 6) is -0.268. The van der Waals surface area contributed by atoms with Gasteiger partial charge in [0.25, 0.3) is 5.91 Å². The topological polar surface area (TPSA) is 87.5 Å². The van der Waals surface area contributed by atoms with E-state index in [2.05, 4.69) is 15.2 Å². The van der Waals surface area contributed by atoms with E-state index >= 15 is 0 Å². The van der Waals surface area contributed by atoms with Crippen molar-refractivity contribution in [3.63, 3.8) is 0 Å². The van der Waals surface area contributed by atoms with Gasteiger partial charge in [0.15, 0.2) is 0 Å². The Balaban J connectivity index is 1.59. The lowest BCUT2D eigenvalue weighted by Crippen LogP contribution is -2.47. The van der Waals surface area contributed by atoms with Crippen LogP contribution < -0.4 is 5.32 Å². The highest BCUT2D eigenvalue weighted by molar-refractivity contribution is 7.89. The van der Waals surface area contributed by atoms with E-state index in [9.17, 15) is 13.2 Å². The number of carbonyl (C=O) groups excluding carboxylic acids is 1. The monoisotopic (exact) mass is 391 g/mol. The number of amides is 1. The molecule has 3 rings (SSSR count). The Bertz CT molecular complexity index is 859. The average molecular weight is 391 g/mol. The number of likely N-dealkylation sites (N-methyl/N-ethyl adjacent to an activating group) is 1. The van der Waals surface area contributed by atoms with Gasteiger partial charge in [-0.3, -0.25) is 4.79 Å². The van der Waals surface area contributed by atoms with E-state index in [0.717, 1.165) is 13.0 Å². The summed E-state index contributed by atoms with van der Waals surface area (Å²) >= 11 is 0. The van der Waals surface area contributed by atoms with E-state index in [-0.39, 0.29) is 10.8 Å². The Morgan fingerprint density at radius 3 is 2.70 bits per heavy atom. The molecule has 1 aromatic carbocycles. The quantitative estimate of drug-likeness (QED) is 0.700. The van der Waals surface area contributed by atoms with Crippen LogP contribution in [0.1, 0.15) is 16.8 Å². The lowest BCUT2D eigenvalue weighted by atomic mass is 10.2. The third-order valence-electron chi connectivity index (χ3n) is 4.63. The normalized spacial score (nSPS) is 16.3. The van der Waals surface area contributed by atoms with Crippen molar-refractivity contribution >= 4 is 15.9 Å². The molecular formula is C18H25N5O3S. The summed E-state index contributed by atoms with van der Waals surface area (Å²) in [6.07, 6.45) is 6.08. The second-order valence-corrected chi connectivity index (χ2v) is 8.58. The van der Waals surface area contributed by atoms with Crippen LogP contribution in [-0.2, 0) is 16.6 Å². The molecule has 0 saturated carbocycles. The second kappa shape index (κ2) is 8.64. The fraction of sp³-hybridized carbons (Fsp3) is 0.444. The molecule has 0 aliphatic carbocycles. The molecule has 2 heterocycles. The first-order valence-electron chi connectivity index (χ1n) is 8.99. The maximum Gasteiger partial charge on any atom is 0.251 e. The molecule has 27 heavy (non-hydrogen) atoms. The van der Waals surface area contributed by atoms with E-state index in [1.165, 1.54) is 10.4 Å². The first-order valence-corrected chi connectivity index (χ1v) is 10.4. The highest BCUT2D eigenvalue weighted by Gasteiger charge is 2.27. The average Bonchev–Trinajstić information content (AvgIpc) is 3.19. The van der Waals surface area contributed by atoms with Gasteiger partial charge in [0, 0.05) is 57.2 Å². The van der Waals surface area contributed by atoms with Crippen molar-refractivity contribution in [3.8, 4) is 0 Å². The summed E-state index contributed by atoms with van der Waals surface area (Å²) < 4.78 is 29.1. The number of aryl methyl sites for hydroxylation is 1. The summed E-state index contributed by atoms with van der Waals surface area (Å²) in [6.45, 7) is 3.60. The zero-order valence-corrected chi connectivity index (χ0v) is 16.2. The van der Waals surface area contributed by atoms with Crippen molar-refractivity contribution < 1.29 is 13.2 Å². The van der Waals surface area contributed by atoms with Gasteiger partial charge in [0.2, 0.25) is 10.0 Å². The fourth-order valence-electron chi connectivity index (χ4n) is 2.96. The summed E-state index contributed by atoms with van der Waals surface area (Å²) in [6, 6.07) is 6.25. The number of carbonyl (C=O) groups is 1. The molecule has 9 heteroatoms. The maximum atomic E-state index is 12.8. The van der Waals surface area contributed by atoms with Gasteiger partial charge in [0.1, 0.15) is 0 Å². The molecule has 1 aliphatic heterocycles. The minimum atomic E-state index is -3.58. The van der Waals surface area contributed by atoms with Crippen LogP contribution in [-0.4, -0.2) is 72.9 Å². The van der Waals surface area contributed by atoms with Crippen LogP contribution in [0.5, 0.6) is 0 Å². The summed E-state index contributed by atoms with van der Waals surface area (Å²) in [5.41, 5.74) is 0.354. The Labute approximate surface area is 159 Å². The predicted octanol–water partition coefficient (Wildman–Crippen LogP) is 0.639. The molecule has 1 aromatic heterocycles. The zero-order chi connectivity index (χ0) is 19.3. The Morgan fingerprint density at radius 2 is 2.00 bits per heavy atom. The SMILES string of the molecule is CN1CCN(S(=O)(=O)c2cccc(C(=O)NCCCn3ccnc3)c2)CC1. The first kappa shape index (κ1) is 19.5. The molecule has 0 bridgehead atoms. The largest absolute Gasteiger partial charge is 0.352 e. The van der Waals surface area contributed by atoms with Crippen molar-refractivity contribution in [1.82, 2.24) is 24.1 Å². The van der Waals surface area contributed by atoms with Crippen LogP contribution in [0, 0.1) is 0 Å². The smallest absolute Gasteiger partial charge is 0.251 e. The van der Waals surface area contributed by atoms with Crippen molar-refractivity contribution in [3.05, 3.63) is 48.5 Å². The number of piperazine rings is 1. The lowest BCUT2D eigenvalue weighted by molar-refractivity contribution is 0.0952. The molecule has 0 spiro atoms. The highest BCUT2D eigenvalue weighted by atomic mass is 32.2. The number of imidazole rings is 1. The van der Waals surface area contributed by atoms with Crippen molar-refractivity contribution in [2.45, 2.75) is 17.9 Å². The third-order valence-corrected chi connectivity index (χ3v) is 6.53. The standard InChI is InChI=1S/C18H25N5O3S/c1-21-10-12-23(13-11-21)27(25,26)17-5-2-4-16(14-17)18(24)20-6-3-8-22-9-7-19-15-22/h2,4-5,7,9,14-15H,3,6,8,10-13H2,1H3,(H,20,24). The van der Waals surface area contributed by atoms with E-state index in [1.807, 2.05) is 17.8 Å². The van der Waals surface area contributed by atoms with Gasteiger partial charge in [-0.25, -0.2) is 13.4 Å².